The van der Waals surface area contributed by atoms with E-state index in [1.54, 1.807) is 12.3 Å². The first-order valence-electron chi connectivity index (χ1n) is 9.57. The van der Waals surface area contributed by atoms with Gasteiger partial charge in [-0.15, -0.1) is 0 Å². The molecule has 0 radical (unpaired) electrons. The number of carbonyl (C=O) groups excluding carboxylic acids is 1. The smallest absolute Gasteiger partial charge is 0.427 e. The van der Waals surface area contributed by atoms with Crippen molar-refractivity contribution in [3.05, 3.63) is 24.4 Å². The molecule has 2 aliphatic rings. The lowest BCUT2D eigenvalue weighted by Gasteiger charge is -2.38. The standard InChI is InChI=1S/C19H25F3N2O5/c1-13(28-16-4-2-3-7-23-16)14-10-18(27-12-14)5-8-24(9-6-18)17(26)29-15(11-25)19(20,21)22/h2-4,7,13-15,25H,5-6,8-12H2,1H3/t13-,14?,15-/m1/s1. The second-order valence-electron chi connectivity index (χ2n) is 7.53. The number of ether oxygens (including phenoxy) is 3. The highest BCUT2D eigenvalue weighted by Crippen LogP contribution is 2.40. The van der Waals surface area contributed by atoms with E-state index in [9.17, 15) is 18.0 Å². The summed E-state index contributed by atoms with van der Waals surface area (Å²) in [5, 5.41) is 8.81. The van der Waals surface area contributed by atoms with E-state index in [1.807, 2.05) is 19.1 Å². The summed E-state index contributed by atoms with van der Waals surface area (Å²) in [6, 6.07) is 5.44. The van der Waals surface area contributed by atoms with Gasteiger partial charge in [-0.1, -0.05) is 6.07 Å². The number of aromatic nitrogens is 1. The van der Waals surface area contributed by atoms with E-state index in [0.29, 0.717) is 25.3 Å². The summed E-state index contributed by atoms with van der Waals surface area (Å²) < 4.78 is 54.4. The third-order valence-corrected chi connectivity index (χ3v) is 5.55. The molecule has 0 saturated carbocycles. The Kier molecular flexibility index (Phi) is 6.52. The molecule has 2 aliphatic heterocycles. The molecule has 1 N–H and O–H groups in total. The summed E-state index contributed by atoms with van der Waals surface area (Å²) in [4.78, 5) is 17.4. The van der Waals surface area contributed by atoms with Gasteiger partial charge in [0.05, 0.1) is 18.8 Å². The Balaban J connectivity index is 1.49. The maximum Gasteiger partial charge on any atom is 0.427 e. The minimum absolute atomic E-state index is 0.107. The number of hydrogen-bond donors (Lipinski definition) is 1. The first-order chi connectivity index (χ1) is 13.7. The Labute approximate surface area is 166 Å². The minimum Gasteiger partial charge on any atom is -0.474 e. The minimum atomic E-state index is -4.80. The van der Waals surface area contributed by atoms with Gasteiger partial charge in [-0.2, -0.15) is 13.2 Å². The van der Waals surface area contributed by atoms with Crippen LogP contribution in [-0.4, -0.2) is 71.4 Å². The summed E-state index contributed by atoms with van der Waals surface area (Å²) >= 11 is 0. The Hall–Kier alpha value is -2.07. The van der Waals surface area contributed by atoms with Crippen molar-refractivity contribution in [3.63, 3.8) is 0 Å². The van der Waals surface area contributed by atoms with E-state index in [2.05, 4.69) is 9.72 Å². The van der Waals surface area contributed by atoms with Crippen molar-refractivity contribution in [2.45, 2.75) is 50.2 Å². The van der Waals surface area contributed by atoms with E-state index in [-0.39, 0.29) is 25.1 Å². The number of piperidine rings is 1. The fourth-order valence-electron chi connectivity index (χ4n) is 3.73. The molecule has 3 atom stereocenters. The van der Waals surface area contributed by atoms with Gasteiger partial charge in [0.15, 0.2) is 0 Å². The van der Waals surface area contributed by atoms with Crippen molar-refractivity contribution in [1.82, 2.24) is 9.88 Å². The maximum absolute atomic E-state index is 12.7. The third-order valence-electron chi connectivity index (χ3n) is 5.55. The van der Waals surface area contributed by atoms with Crippen molar-refractivity contribution in [2.75, 3.05) is 26.3 Å². The third kappa shape index (κ3) is 5.30. The van der Waals surface area contributed by atoms with Crippen LogP contribution in [0.2, 0.25) is 0 Å². The van der Waals surface area contributed by atoms with Crippen LogP contribution in [-0.2, 0) is 9.47 Å². The van der Waals surface area contributed by atoms with E-state index in [1.165, 1.54) is 4.90 Å². The number of hydrogen-bond acceptors (Lipinski definition) is 6. The number of halogens is 3. The van der Waals surface area contributed by atoms with Crippen LogP contribution in [0.25, 0.3) is 0 Å². The summed E-state index contributed by atoms with van der Waals surface area (Å²) in [6.07, 6.45) is -5.08. The SMILES string of the molecule is C[C@@H](Oc1ccccn1)C1COC2(CCN(C(=O)O[C@H](CO)C(F)(F)F)CC2)C1. The van der Waals surface area contributed by atoms with Crippen LogP contribution in [0.1, 0.15) is 26.2 Å². The number of rotatable bonds is 5. The van der Waals surface area contributed by atoms with E-state index in [4.69, 9.17) is 14.6 Å². The Morgan fingerprint density at radius 2 is 2.14 bits per heavy atom. The molecule has 1 spiro atoms. The molecule has 29 heavy (non-hydrogen) atoms. The molecule has 162 valence electrons. The lowest BCUT2D eigenvalue weighted by Crippen LogP contribution is -2.49. The van der Waals surface area contributed by atoms with Gasteiger partial charge >= 0.3 is 12.3 Å². The summed E-state index contributed by atoms with van der Waals surface area (Å²) in [5.74, 6) is 0.695. The van der Waals surface area contributed by atoms with Gasteiger partial charge in [0.1, 0.15) is 6.10 Å². The fraction of sp³-hybridized carbons (Fsp3) is 0.684. The first-order valence-corrected chi connectivity index (χ1v) is 9.57. The number of carbonyl (C=O) groups is 1. The summed E-state index contributed by atoms with van der Waals surface area (Å²) in [7, 11) is 0. The van der Waals surface area contributed by atoms with Gasteiger partial charge in [0.2, 0.25) is 12.0 Å². The number of aliphatic hydroxyl groups is 1. The first kappa shape index (κ1) is 21.6. The summed E-state index contributed by atoms with van der Waals surface area (Å²) in [6.45, 7) is 1.64. The molecule has 7 nitrogen and oxygen atoms in total. The maximum atomic E-state index is 12.7. The normalized spacial score (nSPS) is 23.6. The molecule has 3 heterocycles. The molecule has 0 bridgehead atoms. The predicted molar refractivity (Wildman–Crippen MR) is 95.3 cm³/mol. The molecule has 10 heteroatoms. The summed E-state index contributed by atoms with van der Waals surface area (Å²) in [5.41, 5.74) is -0.413. The van der Waals surface area contributed by atoms with Gasteiger partial charge in [0, 0.05) is 31.3 Å². The molecule has 2 saturated heterocycles. The van der Waals surface area contributed by atoms with Gasteiger partial charge < -0.3 is 24.2 Å². The van der Waals surface area contributed by atoms with Crippen LogP contribution >= 0.6 is 0 Å². The highest BCUT2D eigenvalue weighted by Gasteiger charge is 2.47. The second-order valence-corrected chi connectivity index (χ2v) is 7.53. The average Bonchev–Trinajstić information content (AvgIpc) is 3.10. The molecule has 1 amide bonds. The highest BCUT2D eigenvalue weighted by molar-refractivity contribution is 5.68. The van der Waals surface area contributed by atoms with Crippen LogP contribution in [0, 0.1) is 5.92 Å². The predicted octanol–water partition coefficient (Wildman–Crippen LogP) is 2.78. The van der Waals surface area contributed by atoms with Gasteiger partial charge in [-0.3, -0.25) is 0 Å². The van der Waals surface area contributed by atoms with Crippen molar-refractivity contribution in [1.29, 1.82) is 0 Å². The fourth-order valence-corrected chi connectivity index (χ4v) is 3.73. The number of aliphatic hydroxyl groups excluding tert-OH is 1. The molecule has 1 unspecified atom stereocenters. The largest absolute Gasteiger partial charge is 0.474 e. The molecule has 3 rings (SSSR count). The number of amides is 1. The van der Waals surface area contributed by atoms with Crippen LogP contribution in [0.15, 0.2) is 24.4 Å². The lowest BCUT2D eigenvalue weighted by atomic mass is 9.84. The monoisotopic (exact) mass is 418 g/mol. The van der Waals surface area contributed by atoms with Crippen LogP contribution < -0.4 is 4.74 Å². The van der Waals surface area contributed by atoms with Gasteiger partial charge in [0.25, 0.3) is 0 Å². The van der Waals surface area contributed by atoms with E-state index >= 15 is 0 Å². The van der Waals surface area contributed by atoms with Crippen molar-refractivity contribution >= 4 is 6.09 Å². The number of likely N-dealkylation sites (tertiary alicyclic amines) is 1. The topological polar surface area (TPSA) is 81.1 Å². The Bertz CT molecular complexity index is 680. The van der Waals surface area contributed by atoms with E-state index < -0.39 is 30.6 Å². The Morgan fingerprint density at radius 1 is 1.41 bits per heavy atom. The average molecular weight is 418 g/mol. The lowest BCUT2D eigenvalue weighted by molar-refractivity contribution is -0.215. The highest BCUT2D eigenvalue weighted by atomic mass is 19.4. The van der Waals surface area contributed by atoms with Crippen molar-refractivity contribution < 1.29 is 37.3 Å². The molecule has 2 fully saturated rings. The quantitative estimate of drug-likeness (QED) is 0.792. The number of alkyl halides is 3. The molecule has 1 aromatic heterocycles. The number of nitrogens with zero attached hydrogens (tertiary/aromatic N) is 2. The van der Waals surface area contributed by atoms with Crippen LogP contribution in [0.3, 0.4) is 0 Å². The van der Waals surface area contributed by atoms with Gasteiger partial charge in [-0.25, -0.2) is 9.78 Å². The second kappa shape index (κ2) is 8.74. The zero-order valence-corrected chi connectivity index (χ0v) is 16.1. The van der Waals surface area contributed by atoms with Gasteiger partial charge in [-0.05, 0) is 32.3 Å². The van der Waals surface area contributed by atoms with Crippen molar-refractivity contribution in [2.24, 2.45) is 5.92 Å². The molecule has 1 aromatic rings. The number of pyridine rings is 1. The molecule has 0 aliphatic carbocycles. The zero-order valence-electron chi connectivity index (χ0n) is 16.1. The molecular formula is C19H25F3N2O5. The van der Waals surface area contributed by atoms with E-state index in [0.717, 1.165) is 6.42 Å². The molecular weight excluding hydrogens is 393 g/mol. The Morgan fingerprint density at radius 3 is 2.72 bits per heavy atom. The van der Waals surface area contributed by atoms with Crippen molar-refractivity contribution in [3.8, 4) is 5.88 Å². The molecule has 0 aromatic carbocycles. The zero-order chi connectivity index (χ0) is 21.1. The van der Waals surface area contributed by atoms with Crippen LogP contribution in [0.4, 0.5) is 18.0 Å². The van der Waals surface area contributed by atoms with Crippen LogP contribution in [0.5, 0.6) is 5.88 Å².